The molecule has 0 atom stereocenters. The number of hydrogen-bond donors (Lipinski definition) is 0. The summed E-state index contributed by atoms with van der Waals surface area (Å²) in [5.74, 6) is 0. The van der Waals surface area contributed by atoms with Gasteiger partial charge in [0.05, 0.1) is 58.9 Å². The predicted octanol–water partition coefficient (Wildman–Crippen LogP) is 22.4. The van der Waals surface area contributed by atoms with Gasteiger partial charge in [-0.3, -0.25) is 19.9 Å². The molecule has 12 aromatic carbocycles. The van der Waals surface area contributed by atoms with E-state index in [1.165, 1.54) is 22.3 Å². The summed E-state index contributed by atoms with van der Waals surface area (Å²) in [5.41, 5.74) is 16.4. The van der Waals surface area contributed by atoms with Crippen LogP contribution in [0.25, 0.3) is 75.8 Å². The van der Waals surface area contributed by atoms with Crippen LogP contribution in [0.1, 0.15) is 25.0 Å². The average molecular weight is 1170 g/mol. The van der Waals surface area contributed by atoms with E-state index in [-0.39, 0.29) is 0 Å². The van der Waals surface area contributed by atoms with E-state index in [1.54, 1.807) is 0 Å². The van der Waals surface area contributed by atoms with Gasteiger partial charge in [-0.15, -0.1) is 0 Å². The fourth-order valence-corrected chi connectivity index (χ4v) is 14.2. The van der Waals surface area contributed by atoms with Crippen molar-refractivity contribution in [3.63, 3.8) is 0 Å². The third kappa shape index (κ3) is 8.82. The molecule has 0 bridgehead atoms. The zero-order valence-electron chi connectivity index (χ0n) is 50.1. The molecule has 0 amide bonds. The lowest BCUT2D eigenvalue weighted by molar-refractivity contribution is 0.661. The van der Waals surface area contributed by atoms with E-state index in [1.807, 2.05) is 49.6 Å². The fourth-order valence-electron chi connectivity index (χ4n) is 14.2. The predicted molar refractivity (Wildman–Crippen MR) is 379 cm³/mol. The molecule has 1 aliphatic rings. The van der Waals surface area contributed by atoms with Crippen molar-refractivity contribution in [2.75, 3.05) is 19.6 Å². The summed E-state index contributed by atoms with van der Waals surface area (Å²) in [6.07, 6.45) is 15.9. The van der Waals surface area contributed by atoms with Gasteiger partial charge in [-0.1, -0.05) is 196 Å². The Bertz CT molecular complexity index is 5470. The molecular weight excluding hydrogens is 1110 g/mol. The summed E-state index contributed by atoms with van der Waals surface area (Å²) in [6.45, 7) is 4.80. The molecule has 430 valence electrons. The summed E-state index contributed by atoms with van der Waals surface area (Å²) >= 11 is 0. The van der Waals surface area contributed by atoms with E-state index in [0.29, 0.717) is 0 Å². The smallest absolute Gasteiger partial charge is 0.0723 e. The SMILES string of the molecule is CC1(C)c2cc(N(c3ccccc3)c3cncc4ccccc34)ccc2-c2cc3c(N(c4ccccc4)c4cncc5ccccc45)c4cc(N(c5ccccc5)c5cncc6ccccc56)ccc4c(N(c4ccccc4)c4cncc5ccccc45)c3cc21. The second kappa shape index (κ2) is 21.7. The number of benzene rings is 12. The highest BCUT2D eigenvalue weighted by Crippen LogP contribution is 2.59. The number of anilines is 12. The highest BCUT2D eigenvalue weighted by molar-refractivity contribution is 6.26. The molecular formula is C83H58N8. The third-order valence-corrected chi connectivity index (χ3v) is 18.4. The maximum absolute atomic E-state index is 5.06. The van der Waals surface area contributed by atoms with Crippen LogP contribution >= 0.6 is 0 Å². The van der Waals surface area contributed by atoms with Crippen molar-refractivity contribution < 1.29 is 0 Å². The summed E-state index contributed by atoms with van der Waals surface area (Å²) < 4.78 is 0. The zero-order valence-corrected chi connectivity index (χ0v) is 50.1. The molecule has 0 spiro atoms. The quantitative estimate of drug-likeness (QED) is 0.0886. The summed E-state index contributed by atoms with van der Waals surface area (Å²) in [6, 6.07) is 96.5. The molecule has 17 rings (SSSR count). The van der Waals surface area contributed by atoms with Gasteiger partial charge in [0.25, 0.3) is 0 Å². The van der Waals surface area contributed by atoms with Gasteiger partial charge >= 0.3 is 0 Å². The van der Waals surface area contributed by atoms with Crippen LogP contribution < -0.4 is 19.6 Å². The van der Waals surface area contributed by atoms with E-state index >= 15 is 0 Å². The summed E-state index contributed by atoms with van der Waals surface area (Å²) in [5, 5.41) is 12.8. The maximum Gasteiger partial charge on any atom is 0.0723 e. The van der Waals surface area contributed by atoms with E-state index in [9.17, 15) is 0 Å². The molecule has 1 aliphatic carbocycles. The van der Waals surface area contributed by atoms with Crippen LogP contribution in [0, 0.1) is 0 Å². The average Bonchev–Trinajstić information content (AvgIpc) is 1.88. The lowest BCUT2D eigenvalue weighted by Gasteiger charge is -2.34. The molecule has 16 aromatic rings. The Morgan fingerprint density at radius 2 is 0.549 bits per heavy atom. The zero-order chi connectivity index (χ0) is 60.6. The molecule has 4 heterocycles. The molecule has 0 fully saturated rings. The van der Waals surface area contributed by atoms with Crippen molar-refractivity contribution in [1.82, 2.24) is 19.9 Å². The maximum atomic E-state index is 5.06. The molecule has 0 N–H and O–H groups in total. The Hall–Kier alpha value is -12.0. The standard InChI is InChI=1S/C83H58N8/c1-83(2)75-44-64(89(60-29-9-4-10-30-60)78-52-85-48-56-24-16-20-36-66(56)78)39-41-69(75)71-45-73-74(46-76(71)83)81(90(61-31-11-5-12-32-61)79-53-86-49-57-25-17-21-37-67(57)79)70-42-40-63(88(59-27-7-3-8-28-59)77-51-84-47-55-23-15-19-35-65(55)77)43-72(70)82(73)91(62-33-13-6-14-34-62)80-54-87-50-58-26-18-22-38-68(58)80/h3-54H,1-2H3. The van der Waals surface area contributed by atoms with Crippen molar-refractivity contribution in [3.05, 3.63) is 328 Å². The van der Waals surface area contributed by atoms with Crippen LogP contribution in [-0.4, -0.2) is 19.9 Å². The van der Waals surface area contributed by atoms with Crippen molar-refractivity contribution in [1.29, 1.82) is 0 Å². The minimum atomic E-state index is -0.482. The highest BCUT2D eigenvalue weighted by Gasteiger charge is 2.39. The molecule has 91 heavy (non-hydrogen) atoms. The lowest BCUT2D eigenvalue weighted by Crippen LogP contribution is -2.18. The van der Waals surface area contributed by atoms with E-state index in [4.69, 9.17) is 19.9 Å². The Morgan fingerprint density at radius 1 is 0.231 bits per heavy atom. The van der Waals surface area contributed by atoms with E-state index < -0.39 is 5.41 Å². The minimum Gasteiger partial charge on any atom is -0.308 e. The Balaban J connectivity index is 1.03. The van der Waals surface area contributed by atoms with Crippen molar-refractivity contribution >= 4 is 133 Å². The number of hydrogen-bond acceptors (Lipinski definition) is 8. The van der Waals surface area contributed by atoms with Crippen molar-refractivity contribution in [2.45, 2.75) is 19.3 Å². The van der Waals surface area contributed by atoms with Crippen LogP contribution in [0.15, 0.2) is 316 Å². The largest absolute Gasteiger partial charge is 0.308 e. The first-order valence-electron chi connectivity index (χ1n) is 30.9. The monoisotopic (exact) mass is 1170 g/mol. The first-order chi connectivity index (χ1) is 44.9. The first-order valence-corrected chi connectivity index (χ1v) is 30.9. The van der Waals surface area contributed by atoms with E-state index in [0.717, 1.165) is 133 Å². The topological polar surface area (TPSA) is 64.5 Å². The molecule has 0 saturated heterocycles. The van der Waals surface area contributed by atoms with E-state index in [2.05, 4.69) is 300 Å². The van der Waals surface area contributed by atoms with Crippen LogP contribution in [0.2, 0.25) is 0 Å². The van der Waals surface area contributed by atoms with Gasteiger partial charge in [0, 0.05) is 129 Å². The molecule has 0 unspecified atom stereocenters. The molecule has 0 aliphatic heterocycles. The highest BCUT2D eigenvalue weighted by atomic mass is 15.2. The summed E-state index contributed by atoms with van der Waals surface area (Å²) in [4.78, 5) is 29.5. The molecule has 8 nitrogen and oxygen atoms in total. The van der Waals surface area contributed by atoms with Gasteiger partial charge in [0.15, 0.2) is 0 Å². The Labute approximate surface area is 527 Å². The van der Waals surface area contributed by atoms with Crippen molar-refractivity contribution in [2.24, 2.45) is 0 Å². The van der Waals surface area contributed by atoms with Crippen LogP contribution in [-0.2, 0) is 5.41 Å². The van der Waals surface area contributed by atoms with Gasteiger partial charge in [-0.25, -0.2) is 0 Å². The number of para-hydroxylation sites is 4. The number of nitrogens with zero attached hydrogens (tertiary/aromatic N) is 8. The number of fused-ring (bicyclic) bond motifs is 9. The number of aromatic nitrogens is 4. The van der Waals surface area contributed by atoms with Gasteiger partial charge in [-0.05, 0) is 107 Å². The second-order valence-electron chi connectivity index (χ2n) is 23.9. The first kappa shape index (κ1) is 53.3. The lowest BCUT2D eigenvalue weighted by atomic mass is 9.81. The van der Waals surface area contributed by atoms with Crippen LogP contribution in [0.5, 0.6) is 0 Å². The second-order valence-corrected chi connectivity index (χ2v) is 23.9. The molecule has 0 saturated carbocycles. The van der Waals surface area contributed by atoms with Gasteiger partial charge < -0.3 is 19.6 Å². The molecule has 8 heteroatoms. The minimum absolute atomic E-state index is 0.482. The summed E-state index contributed by atoms with van der Waals surface area (Å²) in [7, 11) is 0. The van der Waals surface area contributed by atoms with Gasteiger partial charge in [-0.2, -0.15) is 0 Å². The number of rotatable bonds is 12. The van der Waals surface area contributed by atoms with Gasteiger partial charge in [0.1, 0.15) is 0 Å². The van der Waals surface area contributed by atoms with Crippen molar-refractivity contribution in [3.8, 4) is 11.1 Å². The van der Waals surface area contributed by atoms with Gasteiger partial charge in [0.2, 0.25) is 0 Å². The number of pyridine rings is 4. The molecule has 4 aromatic heterocycles. The fraction of sp³-hybridized carbons (Fsp3) is 0.0361. The third-order valence-electron chi connectivity index (χ3n) is 18.4. The Kier molecular flexibility index (Phi) is 12.7. The Morgan fingerprint density at radius 3 is 0.978 bits per heavy atom. The van der Waals surface area contributed by atoms with Crippen LogP contribution in [0.4, 0.5) is 68.2 Å². The van der Waals surface area contributed by atoms with Crippen LogP contribution in [0.3, 0.4) is 0 Å². The normalized spacial score (nSPS) is 12.4. The molecule has 0 radical (unpaired) electrons.